The Labute approximate surface area is 141 Å². The number of benzene rings is 2. The normalized spacial score (nSPS) is 12.8. The van der Waals surface area contributed by atoms with Crippen molar-refractivity contribution in [3.05, 3.63) is 48.0 Å². The number of fused-ring (bicyclic) bond motifs is 1. The van der Waals surface area contributed by atoms with Crippen molar-refractivity contribution in [2.24, 2.45) is 0 Å². The van der Waals surface area contributed by atoms with Gasteiger partial charge in [-0.3, -0.25) is 4.79 Å². The molecule has 0 aliphatic carbocycles. The average Bonchev–Trinajstić information content (AvgIpc) is 2.59. The van der Waals surface area contributed by atoms with Gasteiger partial charge >= 0.3 is 0 Å². The van der Waals surface area contributed by atoms with Crippen molar-refractivity contribution < 1.29 is 19.0 Å². The maximum atomic E-state index is 11.3. The Kier molecular flexibility index (Phi) is 5.21. The van der Waals surface area contributed by atoms with E-state index in [4.69, 9.17) is 14.2 Å². The molecule has 5 nitrogen and oxygen atoms in total. The molecule has 1 aliphatic rings. The van der Waals surface area contributed by atoms with Crippen molar-refractivity contribution in [1.29, 1.82) is 0 Å². The van der Waals surface area contributed by atoms with Gasteiger partial charge in [0.1, 0.15) is 17.2 Å². The van der Waals surface area contributed by atoms with Crippen LogP contribution in [0.25, 0.3) is 0 Å². The molecular weight excluding hydrogens is 306 g/mol. The third-order valence-corrected chi connectivity index (χ3v) is 3.68. The fourth-order valence-electron chi connectivity index (χ4n) is 2.37. The minimum atomic E-state index is -0.145. The summed E-state index contributed by atoms with van der Waals surface area (Å²) in [6.45, 7) is 3.39. The number of aryl methyl sites for hydroxylation is 1. The summed E-state index contributed by atoms with van der Waals surface area (Å²) in [5.74, 6) is 2.15. The van der Waals surface area contributed by atoms with Crippen molar-refractivity contribution in [2.45, 2.75) is 19.8 Å². The third-order valence-electron chi connectivity index (χ3n) is 3.68. The Balaban J connectivity index is 1.37. The lowest BCUT2D eigenvalue weighted by molar-refractivity contribution is -0.118. The van der Waals surface area contributed by atoms with Crippen LogP contribution in [-0.2, 0) is 4.79 Å². The van der Waals surface area contributed by atoms with Gasteiger partial charge in [-0.1, -0.05) is 17.7 Å². The van der Waals surface area contributed by atoms with E-state index in [0.717, 1.165) is 24.3 Å². The molecule has 2 aromatic carbocycles. The summed E-state index contributed by atoms with van der Waals surface area (Å²) in [5, 5.41) is 2.77. The molecule has 1 heterocycles. The molecule has 0 unspecified atom stereocenters. The highest BCUT2D eigenvalue weighted by Crippen LogP contribution is 2.31. The van der Waals surface area contributed by atoms with Gasteiger partial charge in [0, 0.05) is 6.07 Å². The minimum absolute atomic E-state index is 0.0637. The van der Waals surface area contributed by atoms with Crippen LogP contribution in [0.2, 0.25) is 0 Å². The lowest BCUT2D eigenvalue weighted by Gasteiger charge is -2.18. The summed E-state index contributed by atoms with van der Waals surface area (Å²) < 4.78 is 16.7. The van der Waals surface area contributed by atoms with Crippen LogP contribution in [0.1, 0.15) is 18.4 Å². The number of hydrogen-bond acceptors (Lipinski definition) is 4. The molecule has 126 valence electrons. The second-order valence-corrected chi connectivity index (χ2v) is 5.71. The van der Waals surface area contributed by atoms with Crippen molar-refractivity contribution in [3.8, 4) is 17.2 Å². The molecular formula is C19H21NO4. The molecule has 0 saturated carbocycles. The van der Waals surface area contributed by atoms with Crippen LogP contribution in [-0.4, -0.2) is 25.7 Å². The molecule has 0 radical (unpaired) electrons. The molecule has 3 rings (SSSR count). The topological polar surface area (TPSA) is 56.8 Å². The summed E-state index contributed by atoms with van der Waals surface area (Å²) in [6.07, 6.45) is 1.81. The summed E-state index contributed by atoms with van der Waals surface area (Å²) in [5.41, 5.74) is 1.88. The van der Waals surface area contributed by atoms with Crippen LogP contribution in [0.15, 0.2) is 42.5 Å². The fraction of sp³-hybridized carbons (Fsp3) is 0.316. The van der Waals surface area contributed by atoms with Crippen LogP contribution in [0.4, 0.5) is 5.69 Å². The summed E-state index contributed by atoms with van der Waals surface area (Å²) in [6, 6.07) is 13.5. The second kappa shape index (κ2) is 7.73. The number of carbonyl (C=O) groups is 1. The molecule has 5 heteroatoms. The van der Waals surface area contributed by atoms with E-state index in [1.165, 1.54) is 5.56 Å². The molecule has 0 saturated heterocycles. The van der Waals surface area contributed by atoms with Crippen LogP contribution in [0.3, 0.4) is 0 Å². The van der Waals surface area contributed by atoms with Gasteiger partial charge in [-0.15, -0.1) is 0 Å². The van der Waals surface area contributed by atoms with E-state index in [0.29, 0.717) is 24.7 Å². The monoisotopic (exact) mass is 327 g/mol. The summed E-state index contributed by atoms with van der Waals surface area (Å²) in [7, 11) is 0. The Morgan fingerprint density at radius 1 is 1.00 bits per heavy atom. The minimum Gasteiger partial charge on any atom is -0.494 e. The zero-order chi connectivity index (χ0) is 16.8. The van der Waals surface area contributed by atoms with Crippen molar-refractivity contribution in [1.82, 2.24) is 0 Å². The molecule has 1 N–H and O–H groups in total. The maximum absolute atomic E-state index is 11.3. The number of unbranched alkanes of at least 4 members (excludes halogenated alkanes) is 1. The number of amides is 1. The van der Waals surface area contributed by atoms with E-state index in [-0.39, 0.29) is 12.5 Å². The van der Waals surface area contributed by atoms with Gasteiger partial charge in [0.2, 0.25) is 0 Å². The largest absolute Gasteiger partial charge is 0.494 e. The SMILES string of the molecule is Cc1ccc(OCCCCOc2ccc3c(c2)NC(=O)CO3)cc1. The maximum Gasteiger partial charge on any atom is 0.262 e. The first-order valence-corrected chi connectivity index (χ1v) is 8.10. The molecule has 1 aliphatic heterocycles. The smallest absolute Gasteiger partial charge is 0.262 e. The van der Waals surface area contributed by atoms with Crippen LogP contribution < -0.4 is 19.5 Å². The molecule has 0 aromatic heterocycles. The van der Waals surface area contributed by atoms with Crippen molar-refractivity contribution >= 4 is 11.6 Å². The average molecular weight is 327 g/mol. The number of ether oxygens (including phenoxy) is 3. The first kappa shape index (κ1) is 16.2. The molecule has 24 heavy (non-hydrogen) atoms. The van der Waals surface area contributed by atoms with Gasteiger partial charge < -0.3 is 19.5 Å². The predicted octanol–water partition coefficient (Wildman–Crippen LogP) is 3.56. The fourth-order valence-corrected chi connectivity index (χ4v) is 2.37. The van der Waals surface area contributed by atoms with Crippen LogP contribution in [0, 0.1) is 6.92 Å². The number of rotatable bonds is 7. The van der Waals surface area contributed by atoms with Gasteiger partial charge in [-0.2, -0.15) is 0 Å². The highest BCUT2D eigenvalue weighted by atomic mass is 16.5. The van der Waals surface area contributed by atoms with E-state index < -0.39 is 0 Å². The Hall–Kier alpha value is -2.69. The van der Waals surface area contributed by atoms with E-state index >= 15 is 0 Å². The summed E-state index contributed by atoms with van der Waals surface area (Å²) in [4.78, 5) is 11.3. The first-order chi connectivity index (χ1) is 11.7. The molecule has 0 spiro atoms. The number of carbonyl (C=O) groups excluding carboxylic acids is 1. The molecule has 0 bridgehead atoms. The highest BCUT2D eigenvalue weighted by molar-refractivity contribution is 5.95. The van der Waals surface area contributed by atoms with Gasteiger partial charge in [0.05, 0.1) is 18.9 Å². The van der Waals surface area contributed by atoms with E-state index in [9.17, 15) is 4.79 Å². The Morgan fingerprint density at radius 3 is 2.42 bits per heavy atom. The van der Waals surface area contributed by atoms with E-state index in [1.807, 2.05) is 36.4 Å². The quantitative estimate of drug-likeness (QED) is 0.790. The van der Waals surface area contributed by atoms with Gasteiger partial charge in [-0.05, 0) is 44.0 Å². The van der Waals surface area contributed by atoms with E-state index in [2.05, 4.69) is 12.2 Å². The van der Waals surface area contributed by atoms with Crippen molar-refractivity contribution in [3.63, 3.8) is 0 Å². The Bertz CT molecular complexity index is 697. The predicted molar refractivity (Wildman–Crippen MR) is 92.0 cm³/mol. The van der Waals surface area contributed by atoms with Gasteiger partial charge in [0.25, 0.3) is 5.91 Å². The number of nitrogens with one attached hydrogen (secondary N) is 1. The number of anilines is 1. The number of hydrogen-bond donors (Lipinski definition) is 1. The highest BCUT2D eigenvalue weighted by Gasteiger charge is 2.16. The van der Waals surface area contributed by atoms with Crippen LogP contribution in [0.5, 0.6) is 17.2 Å². The van der Waals surface area contributed by atoms with Crippen LogP contribution >= 0.6 is 0 Å². The lowest BCUT2D eigenvalue weighted by Crippen LogP contribution is -2.25. The third kappa shape index (κ3) is 4.41. The Morgan fingerprint density at radius 2 is 1.67 bits per heavy atom. The first-order valence-electron chi connectivity index (χ1n) is 8.10. The van der Waals surface area contributed by atoms with E-state index in [1.54, 1.807) is 6.07 Å². The molecule has 0 fully saturated rings. The zero-order valence-electron chi connectivity index (χ0n) is 13.7. The van der Waals surface area contributed by atoms with Gasteiger partial charge in [0.15, 0.2) is 6.61 Å². The standard InChI is InChI=1S/C19H21NO4/c1-14-4-6-15(7-5-14)22-10-2-3-11-23-16-8-9-18-17(12-16)20-19(21)13-24-18/h4-9,12H,2-3,10-11,13H2,1H3,(H,20,21). The van der Waals surface area contributed by atoms with Gasteiger partial charge in [-0.25, -0.2) is 0 Å². The van der Waals surface area contributed by atoms with Crippen molar-refractivity contribution in [2.75, 3.05) is 25.1 Å². The molecule has 2 aromatic rings. The second-order valence-electron chi connectivity index (χ2n) is 5.71. The lowest BCUT2D eigenvalue weighted by atomic mass is 10.2. The molecule has 1 amide bonds. The molecule has 0 atom stereocenters. The summed E-state index contributed by atoms with van der Waals surface area (Å²) >= 11 is 0. The zero-order valence-corrected chi connectivity index (χ0v) is 13.7.